The molecule has 0 amide bonds. The number of allylic oxidation sites excluding steroid dienone is 1. The molecule has 0 atom stereocenters. The zero-order valence-corrected chi connectivity index (χ0v) is 19.2. The van der Waals surface area contributed by atoms with Crippen LogP contribution in [0, 0.1) is 11.3 Å². The van der Waals surface area contributed by atoms with E-state index in [0.29, 0.717) is 12.2 Å². The van der Waals surface area contributed by atoms with Crippen molar-refractivity contribution in [2.45, 2.75) is 18.9 Å². The summed E-state index contributed by atoms with van der Waals surface area (Å²) in [4.78, 5) is 0. The molecule has 168 valence electrons. The van der Waals surface area contributed by atoms with Crippen LogP contribution in [0.2, 0.25) is 0 Å². The summed E-state index contributed by atoms with van der Waals surface area (Å²) in [5.41, 5.74) is 4.42. The van der Waals surface area contributed by atoms with Gasteiger partial charge in [-0.15, -0.1) is 0 Å². The second-order valence-electron chi connectivity index (χ2n) is 7.82. The monoisotopic (exact) mass is 445 g/mol. The Bertz CT molecular complexity index is 1150. The average molecular weight is 446 g/mol. The Kier molecular flexibility index (Phi) is 7.77. The second-order valence-corrected chi connectivity index (χ2v) is 7.82. The Labute approximate surface area is 201 Å². The first-order chi connectivity index (χ1) is 16.8. The van der Waals surface area contributed by atoms with E-state index in [-0.39, 0.29) is 11.9 Å². The van der Waals surface area contributed by atoms with Crippen LogP contribution < -0.4 is 0 Å². The molecule has 0 spiro atoms. The number of benzene rings is 4. The molecule has 3 nitrogen and oxygen atoms in total. The van der Waals surface area contributed by atoms with Crippen molar-refractivity contribution in [3.8, 4) is 6.07 Å². The topological polar surface area (TPSA) is 42.2 Å². The van der Waals surface area contributed by atoms with Crippen molar-refractivity contribution in [1.29, 1.82) is 5.26 Å². The Morgan fingerprint density at radius 3 is 1.38 bits per heavy atom. The Morgan fingerprint density at radius 1 is 0.647 bits per heavy atom. The van der Waals surface area contributed by atoms with E-state index in [1.807, 2.05) is 128 Å². The summed E-state index contributed by atoms with van der Waals surface area (Å²) in [6, 6.07) is 42.4. The molecule has 4 aromatic rings. The van der Waals surface area contributed by atoms with Crippen LogP contribution in [0.5, 0.6) is 0 Å². The number of ether oxygens (including phenoxy) is 2. The Balaban J connectivity index is 1.86. The maximum atomic E-state index is 10.4. The van der Waals surface area contributed by atoms with Crippen LogP contribution in [0.15, 0.2) is 133 Å². The van der Waals surface area contributed by atoms with Crippen LogP contribution in [-0.2, 0) is 9.47 Å². The predicted octanol–water partition coefficient (Wildman–Crippen LogP) is 7.40. The summed E-state index contributed by atoms with van der Waals surface area (Å²) in [7, 11) is 0. The third-order valence-corrected chi connectivity index (χ3v) is 5.60. The number of nitrogens with zero attached hydrogens (tertiary/aromatic N) is 1. The fourth-order valence-corrected chi connectivity index (χ4v) is 4.04. The van der Waals surface area contributed by atoms with Crippen molar-refractivity contribution in [2.75, 3.05) is 6.61 Å². The van der Waals surface area contributed by atoms with Gasteiger partial charge in [0.1, 0.15) is 11.6 Å². The maximum Gasteiger partial charge on any atom is 0.295 e. The summed E-state index contributed by atoms with van der Waals surface area (Å²) >= 11 is 0. The van der Waals surface area contributed by atoms with E-state index in [9.17, 15) is 5.26 Å². The molecule has 0 saturated heterocycles. The van der Waals surface area contributed by atoms with E-state index < -0.39 is 6.10 Å². The molecule has 0 fully saturated rings. The fraction of sp³-hybridized carbons (Fsp3) is 0.129. The first-order valence-electron chi connectivity index (χ1n) is 11.4. The third-order valence-electron chi connectivity index (χ3n) is 5.60. The van der Waals surface area contributed by atoms with E-state index in [2.05, 4.69) is 6.07 Å². The molecule has 0 radical (unpaired) electrons. The molecular formula is C31H27NO2. The maximum absolute atomic E-state index is 10.4. The highest BCUT2D eigenvalue weighted by Crippen LogP contribution is 2.37. The summed E-state index contributed by atoms with van der Waals surface area (Å²) in [6.07, 6.45) is -0.417. The molecule has 0 aromatic heterocycles. The van der Waals surface area contributed by atoms with Crippen molar-refractivity contribution in [1.82, 2.24) is 0 Å². The van der Waals surface area contributed by atoms with Gasteiger partial charge in [0, 0.05) is 0 Å². The van der Waals surface area contributed by atoms with Crippen molar-refractivity contribution in [2.24, 2.45) is 0 Å². The van der Waals surface area contributed by atoms with Gasteiger partial charge in [-0.1, -0.05) is 121 Å². The van der Waals surface area contributed by atoms with Gasteiger partial charge in [0.05, 0.1) is 12.5 Å². The quantitative estimate of drug-likeness (QED) is 0.199. The van der Waals surface area contributed by atoms with Crippen LogP contribution in [0.4, 0.5) is 0 Å². The minimum atomic E-state index is -0.417. The molecule has 0 N–H and O–H groups in total. The highest BCUT2D eigenvalue weighted by molar-refractivity contribution is 5.47. The molecule has 0 heterocycles. The zero-order valence-electron chi connectivity index (χ0n) is 19.2. The molecule has 3 heteroatoms. The highest BCUT2D eigenvalue weighted by Gasteiger charge is 2.27. The summed E-state index contributed by atoms with van der Waals surface area (Å²) in [6.45, 7) is 2.28. The van der Waals surface area contributed by atoms with E-state index >= 15 is 0 Å². The molecule has 0 aliphatic rings. The average Bonchev–Trinajstić information content (AvgIpc) is 2.92. The molecule has 0 unspecified atom stereocenters. The van der Waals surface area contributed by atoms with Crippen LogP contribution >= 0.6 is 0 Å². The van der Waals surface area contributed by atoms with Gasteiger partial charge >= 0.3 is 0 Å². The number of hydrogen-bond acceptors (Lipinski definition) is 3. The standard InChI is InChI=1S/C31H27NO2/c1-2-33-31(34-30(26-19-11-5-12-20-26)27-21-13-6-14-22-27)28(23-32)29(24-15-7-3-8-16-24)25-17-9-4-10-18-25/h3-22,29-30H,2H2,1H3/b31-28-. The minimum absolute atomic E-state index is 0.250. The normalized spacial score (nSPS) is 11.6. The van der Waals surface area contributed by atoms with E-state index in [1.165, 1.54) is 0 Å². The SMILES string of the molecule is CCO/C(OC(c1ccccc1)c1ccccc1)=C(\C#N)C(c1ccccc1)c1ccccc1. The van der Waals surface area contributed by atoms with Crippen LogP contribution in [0.3, 0.4) is 0 Å². The van der Waals surface area contributed by atoms with Gasteiger partial charge in [-0.05, 0) is 29.2 Å². The molecule has 0 aliphatic carbocycles. The molecular weight excluding hydrogens is 418 g/mol. The van der Waals surface area contributed by atoms with Crippen molar-refractivity contribution < 1.29 is 9.47 Å². The summed E-state index contributed by atoms with van der Waals surface area (Å²) < 4.78 is 12.6. The molecule has 0 bridgehead atoms. The van der Waals surface area contributed by atoms with Gasteiger partial charge < -0.3 is 9.47 Å². The molecule has 4 aromatic carbocycles. The lowest BCUT2D eigenvalue weighted by Crippen LogP contribution is -2.14. The van der Waals surface area contributed by atoms with Gasteiger partial charge in [-0.3, -0.25) is 0 Å². The third kappa shape index (κ3) is 5.36. The Morgan fingerprint density at radius 2 is 1.03 bits per heavy atom. The minimum Gasteiger partial charge on any atom is -0.465 e. The highest BCUT2D eigenvalue weighted by atomic mass is 16.7. The van der Waals surface area contributed by atoms with Crippen LogP contribution in [-0.4, -0.2) is 6.61 Å². The number of nitriles is 1. The van der Waals surface area contributed by atoms with Gasteiger partial charge in [0.15, 0.2) is 6.10 Å². The van der Waals surface area contributed by atoms with Gasteiger partial charge in [-0.2, -0.15) is 5.26 Å². The lowest BCUT2D eigenvalue weighted by atomic mass is 9.85. The van der Waals surface area contributed by atoms with Gasteiger partial charge in [0.2, 0.25) is 0 Å². The molecule has 4 rings (SSSR count). The Hall–Kier alpha value is -4.29. The first kappa shape index (κ1) is 22.9. The van der Waals surface area contributed by atoms with Gasteiger partial charge in [0.25, 0.3) is 5.95 Å². The number of hydrogen-bond donors (Lipinski definition) is 0. The zero-order chi connectivity index (χ0) is 23.6. The summed E-state index contributed by atoms with van der Waals surface area (Å²) in [5.74, 6) is -0.0680. The largest absolute Gasteiger partial charge is 0.465 e. The molecule has 0 saturated carbocycles. The second kappa shape index (κ2) is 11.5. The smallest absolute Gasteiger partial charge is 0.295 e. The fourth-order valence-electron chi connectivity index (χ4n) is 4.04. The molecule has 34 heavy (non-hydrogen) atoms. The lowest BCUT2D eigenvalue weighted by Gasteiger charge is -2.25. The van der Waals surface area contributed by atoms with Crippen LogP contribution in [0.25, 0.3) is 0 Å². The van der Waals surface area contributed by atoms with E-state index in [1.54, 1.807) is 0 Å². The predicted molar refractivity (Wildman–Crippen MR) is 135 cm³/mol. The van der Waals surface area contributed by atoms with Crippen molar-refractivity contribution in [3.63, 3.8) is 0 Å². The lowest BCUT2D eigenvalue weighted by molar-refractivity contribution is 0.00755. The van der Waals surface area contributed by atoms with Crippen molar-refractivity contribution >= 4 is 0 Å². The van der Waals surface area contributed by atoms with Crippen molar-refractivity contribution in [3.05, 3.63) is 155 Å². The number of rotatable bonds is 9. The van der Waals surface area contributed by atoms with E-state index in [4.69, 9.17) is 9.47 Å². The van der Waals surface area contributed by atoms with E-state index in [0.717, 1.165) is 22.3 Å². The first-order valence-corrected chi connectivity index (χ1v) is 11.4. The molecule has 0 aliphatic heterocycles. The summed E-state index contributed by atoms with van der Waals surface area (Å²) in [5, 5.41) is 10.4. The van der Waals surface area contributed by atoms with Gasteiger partial charge in [-0.25, -0.2) is 0 Å². The van der Waals surface area contributed by atoms with Crippen LogP contribution in [0.1, 0.15) is 41.2 Å².